The molecular weight excluding hydrogens is 306 g/mol. The topological polar surface area (TPSA) is 33.5 Å². The standard InChI is InChI=1S/C16H14ClNO2S/c1-10-12-4-3-5-13(17)15(12)20-14(10)16(19)18(2)8-11-6-7-21-9-11/h3-7,9H,8H2,1-2H3. The minimum absolute atomic E-state index is 0.133. The van der Waals surface area contributed by atoms with Crippen LogP contribution in [0.4, 0.5) is 0 Å². The highest BCUT2D eigenvalue weighted by Crippen LogP contribution is 2.31. The number of fused-ring (bicyclic) bond motifs is 1. The summed E-state index contributed by atoms with van der Waals surface area (Å²) < 4.78 is 5.71. The van der Waals surface area contributed by atoms with Crippen LogP contribution in [-0.4, -0.2) is 17.9 Å². The number of benzene rings is 1. The Morgan fingerprint density at radius 3 is 2.86 bits per heavy atom. The predicted octanol–water partition coefficient (Wildman–Crippen LogP) is 4.73. The Morgan fingerprint density at radius 2 is 2.19 bits per heavy atom. The van der Waals surface area contributed by atoms with Crippen molar-refractivity contribution in [3.63, 3.8) is 0 Å². The Bertz CT molecular complexity index is 792. The highest BCUT2D eigenvalue weighted by atomic mass is 35.5. The number of hydrogen-bond donors (Lipinski definition) is 0. The second-order valence-corrected chi connectivity index (χ2v) is 6.15. The lowest BCUT2D eigenvalue weighted by atomic mass is 10.1. The summed E-state index contributed by atoms with van der Waals surface area (Å²) in [5.41, 5.74) is 2.52. The molecule has 1 aromatic carbocycles. The van der Waals surface area contributed by atoms with Gasteiger partial charge in [0.2, 0.25) is 0 Å². The van der Waals surface area contributed by atoms with E-state index >= 15 is 0 Å². The zero-order chi connectivity index (χ0) is 15.0. The molecule has 0 bridgehead atoms. The molecule has 108 valence electrons. The van der Waals surface area contributed by atoms with Crippen molar-refractivity contribution in [3.8, 4) is 0 Å². The molecule has 21 heavy (non-hydrogen) atoms. The second kappa shape index (κ2) is 5.54. The van der Waals surface area contributed by atoms with E-state index in [2.05, 4.69) is 0 Å². The number of rotatable bonds is 3. The molecule has 0 atom stereocenters. The van der Waals surface area contributed by atoms with Crippen LogP contribution in [0.3, 0.4) is 0 Å². The van der Waals surface area contributed by atoms with Crippen molar-refractivity contribution in [1.29, 1.82) is 0 Å². The summed E-state index contributed by atoms with van der Waals surface area (Å²) in [5.74, 6) is 0.224. The van der Waals surface area contributed by atoms with Gasteiger partial charge in [-0.15, -0.1) is 0 Å². The van der Waals surface area contributed by atoms with Crippen molar-refractivity contribution in [2.75, 3.05) is 7.05 Å². The fraction of sp³-hybridized carbons (Fsp3) is 0.188. The molecule has 3 rings (SSSR count). The van der Waals surface area contributed by atoms with Gasteiger partial charge in [0.15, 0.2) is 11.3 Å². The van der Waals surface area contributed by atoms with Gasteiger partial charge in [-0.05, 0) is 35.4 Å². The van der Waals surface area contributed by atoms with E-state index in [1.54, 1.807) is 29.4 Å². The van der Waals surface area contributed by atoms with E-state index in [9.17, 15) is 4.79 Å². The first-order chi connectivity index (χ1) is 10.1. The van der Waals surface area contributed by atoms with E-state index in [0.29, 0.717) is 22.9 Å². The van der Waals surface area contributed by atoms with Gasteiger partial charge in [-0.3, -0.25) is 4.79 Å². The maximum Gasteiger partial charge on any atom is 0.289 e. The third-order valence-electron chi connectivity index (χ3n) is 3.46. The molecule has 5 heteroatoms. The normalized spacial score (nSPS) is 11.0. The first-order valence-electron chi connectivity index (χ1n) is 6.52. The fourth-order valence-corrected chi connectivity index (χ4v) is 3.19. The summed E-state index contributed by atoms with van der Waals surface area (Å²) in [6, 6.07) is 7.54. The lowest BCUT2D eigenvalue weighted by Gasteiger charge is -2.15. The van der Waals surface area contributed by atoms with Gasteiger partial charge in [0.1, 0.15) is 0 Å². The van der Waals surface area contributed by atoms with Crippen molar-refractivity contribution >= 4 is 39.8 Å². The maximum atomic E-state index is 12.6. The molecule has 0 radical (unpaired) electrons. The number of aryl methyl sites for hydroxylation is 1. The lowest BCUT2D eigenvalue weighted by Crippen LogP contribution is -2.26. The highest BCUT2D eigenvalue weighted by molar-refractivity contribution is 7.07. The number of para-hydroxylation sites is 1. The van der Waals surface area contributed by atoms with Gasteiger partial charge in [0.25, 0.3) is 5.91 Å². The first-order valence-corrected chi connectivity index (χ1v) is 7.84. The molecule has 2 aromatic heterocycles. The van der Waals surface area contributed by atoms with Gasteiger partial charge < -0.3 is 9.32 Å². The van der Waals surface area contributed by atoms with E-state index in [4.69, 9.17) is 16.0 Å². The van der Waals surface area contributed by atoms with E-state index < -0.39 is 0 Å². The Hall–Kier alpha value is -1.78. The van der Waals surface area contributed by atoms with Crippen LogP contribution in [0.25, 0.3) is 11.0 Å². The van der Waals surface area contributed by atoms with Crippen LogP contribution in [0.2, 0.25) is 5.02 Å². The largest absolute Gasteiger partial charge is 0.449 e. The van der Waals surface area contributed by atoms with Crippen molar-refractivity contribution in [1.82, 2.24) is 4.90 Å². The zero-order valence-corrected chi connectivity index (χ0v) is 13.3. The Labute approximate surface area is 131 Å². The lowest BCUT2D eigenvalue weighted by molar-refractivity contribution is 0.0755. The summed E-state index contributed by atoms with van der Waals surface area (Å²) in [5, 5.41) is 5.44. The van der Waals surface area contributed by atoms with Crippen LogP contribution in [0.5, 0.6) is 0 Å². The van der Waals surface area contributed by atoms with Crippen molar-refractivity contribution < 1.29 is 9.21 Å². The SMILES string of the molecule is Cc1c(C(=O)N(C)Cc2ccsc2)oc2c(Cl)cccc12. The number of halogens is 1. The number of carbonyl (C=O) groups is 1. The van der Waals surface area contributed by atoms with E-state index in [0.717, 1.165) is 16.5 Å². The number of carbonyl (C=O) groups excluding carboxylic acids is 1. The molecule has 0 aliphatic heterocycles. The van der Waals surface area contributed by atoms with Crippen molar-refractivity contribution in [2.45, 2.75) is 13.5 Å². The molecule has 1 amide bonds. The van der Waals surface area contributed by atoms with Crippen molar-refractivity contribution in [2.24, 2.45) is 0 Å². The van der Waals surface area contributed by atoms with Gasteiger partial charge in [-0.1, -0.05) is 23.7 Å². The Balaban J connectivity index is 1.94. The molecule has 0 fully saturated rings. The van der Waals surface area contributed by atoms with Gasteiger partial charge in [-0.25, -0.2) is 0 Å². The summed E-state index contributed by atoms with van der Waals surface area (Å²) in [6.45, 7) is 2.44. The molecule has 0 saturated carbocycles. The smallest absolute Gasteiger partial charge is 0.289 e. The molecular formula is C16H14ClNO2S. The molecule has 0 aliphatic carbocycles. The third kappa shape index (κ3) is 2.57. The molecule has 0 aliphatic rings. The van der Waals surface area contributed by atoms with Gasteiger partial charge >= 0.3 is 0 Å². The monoisotopic (exact) mass is 319 g/mol. The summed E-state index contributed by atoms with van der Waals surface area (Å²) in [6.07, 6.45) is 0. The van der Waals surface area contributed by atoms with Crippen LogP contribution < -0.4 is 0 Å². The number of nitrogens with zero attached hydrogens (tertiary/aromatic N) is 1. The van der Waals surface area contributed by atoms with Crippen LogP contribution in [0, 0.1) is 6.92 Å². The van der Waals surface area contributed by atoms with Crippen LogP contribution in [-0.2, 0) is 6.54 Å². The summed E-state index contributed by atoms with van der Waals surface area (Å²) >= 11 is 7.74. The quantitative estimate of drug-likeness (QED) is 0.699. The molecule has 0 spiro atoms. The van der Waals surface area contributed by atoms with E-state index in [1.165, 1.54) is 0 Å². The Kier molecular flexibility index (Phi) is 3.74. The molecule has 0 N–H and O–H groups in total. The van der Waals surface area contributed by atoms with Crippen LogP contribution in [0.1, 0.15) is 21.7 Å². The molecule has 0 saturated heterocycles. The number of furan rings is 1. The first kappa shape index (κ1) is 14.2. The third-order valence-corrected chi connectivity index (χ3v) is 4.49. The highest BCUT2D eigenvalue weighted by Gasteiger charge is 2.22. The van der Waals surface area contributed by atoms with E-state index in [-0.39, 0.29) is 5.91 Å². The average Bonchev–Trinajstić information content (AvgIpc) is 3.08. The number of hydrogen-bond acceptors (Lipinski definition) is 3. The molecule has 2 heterocycles. The van der Waals surface area contributed by atoms with E-state index in [1.807, 2.05) is 35.9 Å². The Morgan fingerprint density at radius 1 is 1.38 bits per heavy atom. The summed E-state index contributed by atoms with van der Waals surface area (Å²) in [7, 11) is 1.77. The number of thiophene rings is 1. The average molecular weight is 320 g/mol. The van der Waals surface area contributed by atoms with Gasteiger partial charge in [0, 0.05) is 24.5 Å². The van der Waals surface area contributed by atoms with Crippen LogP contribution >= 0.6 is 22.9 Å². The number of amides is 1. The fourth-order valence-electron chi connectivity index (χ4n) is 2.31. The second-order valence-electron chi connectivity index (χ2n) is 4.97. The molecule has 3 nitrogen and oxygen atoms in total. The molecule has 0 unspecified atom stereocenters. The minimum atomic E-state index is -0.133. The van der Waals surface area contributed by atoms with Gasteiger partial charge in [0.05, 0.1) is 5.02 Å². The van der Waals surface area contributed by atoms with Gasteiger partial charge in [-0.2, -0.15) is 11.3 Å². The minimum Gasteiger partial charge on any atom is -0.449 e. The zero-order valence-electron chi connectivity index (χ0n) is 11.7. The predicted molar refractivity (Wildman–Crippen MR) is 86.1 cm³/mol. The van der Waals surface area contributed by atoms with Crippen molar-refractivity contribution in [3.05, 3.63) is 56.9 Å². The molecule has 3 aromatic rings. The summed E-state index contributed by atoms with van der Waals surface area (Å²) in [4.78, 5) is 14.2. The maximum absolute atomic E-state index is 12.6. The van der Waals surface area contributed by atoms with Crippen LogP contribution in [0.15, 0.2) is 39.4 Å².